The molecule has 1 aromatic heterocycles. The molecule has 192 valence electrons. The van der Waals surface area contributed by atoms with Gasteiger partial charge in [0, 0.05) is 5.39 Å². The van der Waals surface area contributed by atoms with Gasteiger partial charge in [0.05, 0.1) is 6.54 Å². The summed E-state index contributed by atoms with van der Waals surface area (Å²) in [5, 5.41) is 1.21. The van der Waals surface area contributed by atoms with Crippen molar-refractivity contribution in [1.29, 1.82) is 0 Å². The zero-order chi connectivity index (χ0) is 24.7. The molecule has 0 N–H and O–H groups in total. The molecule has 33 heavy (non-hydrogen) atoms. The fourth-order valence-electron chi connectivity index (χ4n) is 3.78. The van der Waals surface area contributed by atoms with Crippen LogP contribution < -0.4 is 0 Å². The van der Waals surface area contributed by atoms with E-state index < -0.39 is 0 Å². The van der Waals surface area contributed by atoms with Crippen LogP contribution in [-0.2, 0) is 6.54 Å². The average Bonchev–Trinajstić information content (AvgIpc) is 3.21. The molecule has 0 saturated heterocycles. The van der Waals surface area contributed by atoms with Gasteiger partial charge in [-0.15, -0.1) is 0 Å². The van der Waals surface area contributed by atoms with Gasteiger partial charge in [-0.2, -0.15) is 0 Å². The maximum Gasteiger partial charge on any atom is 0.134 e. The van der Waals surface area contributed by atoms with E-state index in [1.54, 1.807) is 0 Å². The Morgan fingerprint density at radius 1 is 0.727 bits per heavy atom. The standard InChI is InChI=1S/C24H40N2O.2C2H5I/c1-4-26(5-2)19-15-11-9-7-6-8-10-14-18-25(3)21-23-20-22-16-12-13-17-24(22)27-23;2*1-2-3/h12-13,16-17,20H,4-11,14-15,18-19,21H2,1-3H3;2*2H2,1H3. The summed E-state index contributed by atoms with van der Waals surface area (Å²) >= 11 is 4.58. The summed E-state index contributed by atoms with van der Waals surface area (Å²) in [6, 6.07) is 10.4. The highest BCUT2D eigenvalue weighted by Gasteiger charge is 2.06. The molecule has 0 atom stereocenters. The van der Waals surface area contributed by atoms with E-state index in [0.29, 0.717) is 0 Å². The third-order valence-electron chi connectivity index (χ3n) is 5.56. The lowest BCUT2D eigenvalue weighted by molar-refractivity contribution is 0.290. The third-order valence-corrected chi connectivity index (χ3v) is 5.56. The van der Waals surface area contributed by atoms with Crippen molar-refractivity contribution in [3.05, 3.63) is 36.1 Å². The minimum Gasteiger partial charge on any atom is -0.460 e. The molecule has 2 rings (SSSR count). The Hall–Kier alpha value is 0.140. The van der Waals surface area contributed by atoms with Crippen molar-refractivity contribution in [3.8, 4) is 0 Å². The van der Waals surface area contributed by atoms with E-state index in [0.717, 1.165) is 24.4 Å². The fraction of sp³-hybridized carbons (Fsp3) is 0.714. The molecule has 0 aliphatic heterocycles. The summed E-state index contributed by atoms with van der Waals surface area (Å²) in [6.45, 7) is 14.5. The molecule has 0 fully saturated rings. The first-order chi connectivity index (χ1) is 16.1. The number of para-hydroxylation sites is 1. The number of hydrogen-bond acceptors (Lipinski definition) is 3. The van der Waals surface area contributed by atoms with Crippen LogP contribution in [0.1, 0.15) is 84.8 Å². The van der Waals surface area contributed by atoms with E-state index >= 15 is 0 Å². The van der Waals surface area contributed by atoms with E-state index in [9.17, 15) is 0 Å². The third kappa shape index (κ3) is 18.1. The Morgan fingerprint density at radius 3 is 1.73 bits per heavy atom. The second-order valence-corrected chi connectivity index (χ2v) is 11.4. The highest BCUT2D eigenvalue weighted by Crippen LogP contribution is 2.20. The molecule has 0 radical (unpaired) electrons. The molecule has 0 unspecified atom stereocenters. The molecular weight excluding hydrogens is 634 g/mol. The van der Waals surface area contributed by atoms with E-state index in [1.165, 1.54) is 85.2 Å². The first kappa shape index (κ1) is 33.1. The van der Waals surface area contributed by atoms with Gasteiger partial charge in [-0.25, -0.2) is 0 Å². The molecule has 0 spiro atoms. The van der Waals surface area contributed by atoms with Crippen LogP contribution in [-0.4, -0.2) is 51.9 Å². The minimum atomic E-state index is 0.904. The molecule has 1 aromatic carbocycles. The quantitative estimate of drug-likeness (QED) is 0.106. The van der Waals surface area contributed by atoms with Crippen molar-refractivity contribution < 1.29 is 4.42 Å². The summed E-state index contributed by atoms with van der Waals surface area (Å²) in [6.07, 6.45) is 11.0. The van der Waals surface area contributed by atoms with Crippen molar-refractivity contribution >= 4 is 56.2 Å². The molecule has 0 aliphatic rings. The van der Waals surface area contributed by atoms with E-state index in [-0.39, 0.29) is 0 Å². The van der Waals surface area contributed by atoms with Crippen LogP contribution in [0, 0.1) is 0 Å². The minimum absolute atomic E-state index is 0.904. The average molecular weight is 685 g/mol. The van der Waals surface area contributed by atoms with Crippen LogP contribution in [0.3, 0.4) is 0 Å². The monoisotopic (exact) mass is 684 g/mol. The van der Waals surface area contributed by atoms with Crippen LogP contribution in [0.5, 0.6) is 0 Å². The Bertz CT molecular complexity index is 623. The predicted molar refractivity (Wildman–Crippen MR) is 166 cm³/mol. The smallest absolute Gasteiger partial charge is 0.134 e. The Kier molecular flexibility index (Phi) is 24.0. The van der Waals surface area contributed by atoms with Gasteiger partial charge >= 0.3 is 0 Å². The van der Waals surface area contributed by atoms with Crippen molar-refractivity contribution in [1.82, 2.24) is 9.80 Å². The van der Waals surface area contributed by atoms with Gasteiger partial charge in [0.2, 0.25) is 0 Å². The number of alkyl halides is 2. The van der Waals surface area contributed by atoms with Gasteiger partial charge in [0.25, 0.3) is 0 Å². The molecule has 5 heteroatoms. The highest BCUT2D eigenvalue weighted by molar-refractivity contribution is 14.1. The Morgan fingerprint density at radius 2 is 1.21 bits per heavy atom. The van der Waals surface area contributed by atoms with Gasteiger partial charge in [0.15, 0.2) is 0 Å². The predicted octanol–water partition coefficient (Wildman–Crippen LogP) is 9.21. The number of furan rings is 1. The number of fused-ring (bicyclic) bond motifs is 1. The summed E-state index contributed by atoms with van der Waals surface area (Å²) in [7, 11) is 2.20. The van der Waals surface area contributed by atoms with E-state index in [1.807, 2.05) is 12.1 Å². The van der Waals surface area contributed by atoms with Crippen LogP contribution in [0.25, 0.3) is 11.0 Å². The van der Waals surface area contributed by atoms with E-state index in [2.05, 4.69) is 108 Å². The number of nitrogens with zero attached hydrogens (tertiary/aromatic N) is 2. The Balaban J connectivity index is 0.00000154. The number of hydrogen-bond donors (Lipinski definition) is 0. The number of unbranched alkanes of at least 4 members (excludes halogenated alkanes) is 7. The van der Waals surface area contributed by atoms with Gasteiger partial charge in [-0.1, -0.05) is 130 Å². The van der Waals surface area contributed by atoms with Gasteiger partial charge < -0.3 is 9.32 Å². The fourth-order valence-corrected chi connectivity index (χ4v) is 3.78. The van der Waals surface area contributed by atoms with Crippen LogP contribution in [0.2, 0.25) is 0 Å². The summed E-state index contributed by atoms with van der Waals surface area (Å²) in [5.74, 6) is 1.07. The maximum atomic E-state index is 5.91. The highest BCUT2D eigenvalue weighted by atomic mass is 127. The summed E-state index contributed by atoms with van der Waals surface area (Å²) < 4.78 is 8.35. The van der Waals surface area contributed by atoms with Crippen LogP contribution in [0.15, 0.2) is 34.7 Å². The first-order valence-electron chi connectivity index (χ1n) is 13.1. The summed E-state index contributed by atoms with van der Waals surface area (Å²) in [5.41, 5.74) is 0.998. The molecule has 2 aromatic rings. The molecule has 0 saturated carbocycles. The SMILES string of the molecule is CCI.CCI.CCN(CC)CCCCCCCCCCN(C)Cc1cc2ccccc2o1. The topological polar surface area (TPSA) is 19.6 Å². The van der Waals surface area contributed by atoms with Crippen molar-refractivity contribution in [2.24, 2.45) is 0 Å². The molecule has 0 bridgehead atoms. The number of halogens is 2. The lowest BCUT2D eigenvalue weighted by atomic mass is 10.1. The summed E-state index contributed by atoms with van der Waals surface area (Å²) in [4.78, 5) is 4.91. The number of rotatable bonds is 15. The van der Waals surface area contributed by atoms with Gasteiger partial charge in [0.1, 0.15) is 11.3 Å². The zero-order valence-electron chi connectivity index (χ0n) is 22.1. The molecular formula is C28H50I2N2O. The van der Waals surface area contributed by atoms with Crippen molar-refractivity contribution in [2.75, 3.05) is 42.1 Å². The first-order valence-corrected chi connectivity index (χ1v) is 16.1. The molecule has 3 nitrogen and oxygen atoms in total. The Labute approximate surface area is 232 Å². The second-order valence-electron chi connectivity index (χ2n) is 8.38. The van der Waals surface area contributed by atoms with Crippen molar-refractivity contribution in [2.45, 2.75) is 85.6 Å². The van der Waals surface area contributed by atoms with Crippen LogP contribution in [0.4, 0.5) is 0 Å². The molecule has 0 amide bonds. The van der Waals surface area contributed by atoms with Crippen LogP contribution >= 0.6 is 45.2 Å². The van der Waals surface area contributed by atoms with Gasteiger partial charge in [-0.3, -0.25) is 4.90 Å². The maximum absolute atomic E-state index is 5.91. The van der Waals surface area contributed by atoms with Gasteiger partial charge in [-0.05, 0) is 67.1 Å². The molecule has 0 aliphatic carbocycles. The van der Waals surface area contributed by atoms with E-state index in [4.69, 9.17) is 4.42 Å². The normalized spacial score (nSPS) is 10.8. The largest absolute Gasteiger partial charge is 0.460 e. The number of benzene rings is 1. The van der Waals surface area contributed by atoms with Crippen molar-refractivity contribution in [3.63, 3.8) is 0 Å². The zero-order valence-corrected chi connectivity index (χ0v) is 26.4. The lowest BCUT2D eigenvalue weighted by Gasteiger charge is -2.17. The second kappa shape index (κ2) is 23.9. The lowest BCUT2D eigenvalue weighted by Crippen LogP contribution is -2.23. The molecule has 1 heterocycles.